The molecule has 0 fully saturated rings. The van der Waals surface area contributed by atoms with Crippen molar-refractivity contribution in [3.63, 3.8) is 0 Å². The van der Waals surface area contributed by atoms with E-state index in [4.69, 9.17) is 13.8 Å². The zero-order chi connectivity index (χ0) is 20.5. The molecule has 6 heteroatoms. The SMILES string of the molecule is C=C(OC(C)C)C(=C\C=C(/C)N(C)C)/C(=C(C)/C=C\C)P(=O)(OC)OC. The highest BCUT2D eigenvalue weighted by Crippen LogP contribution is 2.59. The zero-order valence-corrected chi connectivity index (χ0v) is 18.5. The second kappa shape index (κ2) is 11.2. The summed E-state index contributed by atoms with van der Waals surface area (Å²) >= 11 is 0. The monoisotopic (exact) mass is 383 g/mol. The summed E-state index contributed by atoms with van der Waals surface area (Å²) in [4.78, 5) is 1.98. The number of nitrogens with zero attached hydrogens (tertiary/aromatic N) is 1. The standard InChI is InChI=1S/C20H34NO4P/c1-11-12-16(4)20(26(22,23-9)24-10)19(18(6)25-15(2)3)14-13-17(5)21(7)8/h11-15H,6H2,1-5,7-10H3/b12-11-,17-13+,19-14+,20-16-. The van der Waals surface area contributed by atoms with Crippen LogP contribution in [-0.2, 0) is 18.3 Å². The molecule has 0 aliphatic carbocycles. The summed E-state index contributed by atoms with van der Waals surface area (Å²) in [5, 5.41) is 0.439. The molecule has 0 heterocycles. The number of rotatable bonds is 10. The van der Waals surface area contributed by atoms with Crippen molar-refractivity contribution in [2.45, 2.75) is 40.7 Å². The van der Waals surface area contributed by atoms with E-state index >= 15 is 0 Å². The Morgan fingerprint density at radius 3 is 2.04 bits per heavy atom. The third-order valence-corrected chi connectivity index (χ3v) is 5.78. The maximum atomic E-state index is 13.3. The van der Waals surface area contributed by atoms with Crippen LogP contribution in [0, 0.1) is 0 Å². The van der Waals surface area contributed by atoms with Crippen LogP contribution in [0.1, 0.15) is 34.6 Å². The minimum atomic E-state index is -3.54. The molecular weight excluding hydrogens is 349 g/mol. The maximum Gasteiger partial charge on any atom is 0.361 e. The highest BCUT2D eigenvalue weighted by atomic mass is 31.2. The van der Waals surface area contributed by atoms with Gasteiger partial charge in [0.1, 0.15) is 5.76 Å². The van der Waals surface area contributed by atoms with Crippen molar-refractivity contribution in [1.82, 2.24) is 4.90 Å². The Hall–Kier alpha value is -1.55. The van der Waals surface area contributed by atoms with Gasteiger partial charge in [0.15, 0.2) is 0 Å². The fraction of sp³-hybridized carbons (Fsp3) is 0.500. The zero-order valence-electron chi connectivity index (χ0n) is 17.6. The van der Waals surface area contributed by atoms with E-state index in [0.717, 1.165) is 11.3 Å². The van der Waals surface area contributed by atoms with E-state index in [2.05, 4.69) is 6.58 Å². The largest absolute Gasteiger partial charge is 0.491 e. The molecule has 5 nitrogen and oxygen atoms in total. The molecule has 0 N–H and O–H groups in total. The fourth-order valence-electron chi connectivity index (χ4n) is 2.17. The smallest absolute Gasteiger partial charge is 0.361 e. The van der Waals surface area contributed by atoms with Crippen molar-refractivity contribution in [1.29, 1.82) is 0 Å². The van der Waals surface area contributed by atoms with E-state index in [1.165, 1.54) is 14.2 Å². The van der Waals surface area contributed by atoms with Crippen molar-refractivity contribution in [3.05, 3.63) is 58.8 Å². The highest BCUT2D eigenvalue weighted by Gasteiger charge is 2.33. The van der Waals surface area contributed by atoms with Crippen LogP contribution in [0.5, 0.6) is 0 Å². The molecule has 0 aliphatic rings. The van der Waals surface area contributed by atoms with Crippen LogP contribution >= 0.6 is 7.60 Å². The third-order valence-electron chi connectivity index (χ3n) is 3.67. The summed E-state index contributed by atoms with van der Waals surface area (Å²) in [6.07, 6.45) is 7.42. The Balaban J connectivity index is 6.69. The summed E-state index contributed by atoms with van der Waals surface area (Å²) < 4.78 is 29.6. The molecule has 0 saturated carbocycles. The van der Waals surface area contributed by atoms with Crippen molar-refractivity contribution in [2.24, 2.45) is 0 Å². The van der Waals surface area contributed by atoms with E-state index in [9.17, 15) is 4.57 Å². The number of allylic oxidation sites excluding steroid dienone is 7. The second-order valence-electron chi connectivity index (χ2n) is 6.27. The van der Waals surface area contributed by atoms with Gasteiger partial charge in [0.05, 0.1) is 11.4 Å². The molecular formula is C20H34NO4P. The van der Waals surface area contributed by atoms with Gasteiger partial charge in [0.25, 0.3) is 0 Å². The molecule has 0 spiro atoms. The Morgan fingerprint density at radius 2 is 1.65 bits per heavy atom. The first-order valence-corrected chi connectivity index (χ1v) is 10.1. The van der Waals surface area contributed by atoms with Crippen LogP contribution in [0.15, 0.2) is 58.8 Å². The van der Waals surface area contributed by atoms with Gasteiger partial charge >= 0.3 is 7.60 Å². The van der Waals surface area contributed by atoms with Crippen LogP contribution < -0.4 is 0 Å². The van der Waals surface area contributed by atoms with Gasteiger partial charge in [0.2, 0.25) is 0 Å². The van der Waals surface area contributed by atoms with Crippen molar-refractivity contribution in [2.75, 3.05) is 28.3 Å². The Bertz CT molecular complexity index is 647. The van der Waals surface area contributed by atoms with Crippen molar-refractivity contribution < 1.29 is 18.3 Å². The van der Waals surface area contributed by atoms with E-state index in [1.807, 2.05) is 77.9 Å². The van der Waals surface area contributed by atoms with Crippen LogP contribution in [0.25, 0.3) is 0 Å². The minimum absolute atomic E-state index is 0.0717. The fourth-order valence-corrected chi connectivity index (χ4v) is 3.68. The number of ether oxygens (including phenoxy) is 1. The Kier molecular flexibility index (Phi) is 10.6. The average Bonchev–Trinajstić information content (AvgIpc) is 2.56. The minimum Gasteiger partial charge on any atom is -0.491 e. The van der Waals surface area contributed by atoms with Gasteiger partial charge in [0, 0.05) is 39.6 Å². The van der Waals surface area contributed by atoms with Gasteiger partial charge in [-0.25, -0.2) is 0 Å². The molecule has 0 saturated heterocycles. The number of hydrogen-bond acceptors (Lipinski definition) is 5. The first-order chi connectivity index (χ1) is 12.0. The second-order valence-corrected chi connectivity index (χ2v) is 8.44. The van der Waals surface area contributed by atoms with Crippen LogP contribution in [-0.4, -0.2) is 39.3 Å². The molecule has 0 aliphatic heterocycles. The maximum absolute atomic E-state index is 13.3. The quantitative estimate of drug-likeness (QED) is 0.277. The molecule has 0 amide bonds. The van der Waals surface area contributed by atoms with Gasteiger partial charge in [-0.3, -0.25) is 4.57 Å². The van der Waals surface area contributed by atoms with Crippen LogP contribution in [0.4, 0.5) is 0 Å². The van der Waals surface area contributed by atoms with Crippen LogP contribution in [0.2, 0.25) is 0 Å². The van der Waals surface area contributed by atoms with Gasteiger partial charge < -0.3 is 18.7 Å². The Morgan fingerprint density at radius 1 is 1.12 bits per heavy atom. The third kappa shape index (κ3) is 6.99. The van der Waals surface area contributed by atoms with Crippen LogP contribution in [0.3, 0.4) is 0 Å². The summed E-state index contributed by atoms with van der Waals surface area (Å²) in [6.45, 7) is 13.6. The molecule has 0 bridgehead atoms. The lowest BCUT2D eigenvalue weighted by atomic mass is 10.1. The van der Waals surface area contributed by atoms with E-state index in [-0.39, 0.29) is 6.10 Å². The average molecular weight is 383 g/mol. The molecule has 0 aromatic carbocycles. The van der Waals surface area contributed by atoms with Gasteiger partial charge in [-0.2, -0.15) is 0 Å². The lowest BCUT2D eigenvalue weighted by Crippen LogP contribution is -2.09. The molecule has 0 rings (SSSR count). The predicted molar refractivity (Wildman–Crippen MR) is 110 cm³/mol. The molecule has 26 heavy (non-hydrogen) atoms. The van der Waals surface area contributed by atoms with E-state index in [0.29, 0.717) is 16.6 Å². The molecule has 0 aromatic rings. The lowest BCUT2D eigenvalue weighted by Gasteiger charge is -2.24. The van der Waals surface area contributed by atoms with E-state index < -0.39 is 7.60 Å². The van der Waals surface area contributed by atoms with Gasteiger partial charge in [-0.05, 0) is 52.3 Å². The molecule has 0 unspecified atom stereocenters. The topological polar surface area (TPSA) is 48.0 Å². The lowest BCUT2D eigenvalue weighted by molar-refractivity contribution is 0.156. The number of hydrogen-bond donors (Lipinski definition) is 0. The van der Waals surface area contributed by atoms with E-state index in [1.54, 1.807) is 0 Å². The molecule has 0 aromatic heterocycles. The normalized spacial score (nSPS) is 14.7. The molecule has 0 radical (unpaired) electrons. The summed E-state index contributed by atoms with van der Waals surface area (Å²) in [7, 11) is 3.12. The van der Waals surface area contributed by atoms with Crippen molar-refractivity contribution in [3.8, 4) is 0 Å². The first kappa shape index (κ1) is 24.5. The highest BCUT2D eigenvalue weighted by molar-refractivity contribution is 7.58. The summed E-state index contributed by atoms with van der Waals surface area (Å²) in [6, 6.07) is 0. The first-order valence-electron chi connectivity index (χ1n) is 8.51. The molecule has 0 atom stereocenters. The van der Waals surface area contributed by atoms with Gasteiger partial charge in [-0.1, -0.05) is 18.7 Å². The molecule has 148 valence electrons. The summed E-state index contributed by atoms with van der Waals surface area (Å²) in [5.41, 5.74) is 2.37. The predicted octanol–water partition coefficient (Wildman–Crippen LogP) is 5.65. The summed E-state index contributed by atoms with van der Waals surface area (Å²) in [5.74, 6) is 0.413. The van der Waals surface area contributed by atoms with Crippen molar-refractivity contribution >= 4 is 7.60 Å². The van der Waals surface area contributed by atoms with Gasteiger partial charge in [-0.15, -0.1) is 0 Å². The Labute approximate surface area is 159 Å².